The number of aryl methyl sites for hydroxylation is 1. The molecule has 0 heterocycles. The van der Waals surface area contributed by atoms with Crippen molar-refractivity contribution in [2.24, 2.45) is 0 Å². The van der Waals surface area contributed by atoms with Gasteiger partial charge in [0.2, 0.25) is 0 Å². The van der Waals surface area contributed by atoms with E-state index in [1.54, 1.807) is 24.3 Å². The van der Waals surface area contributed by atoms with E-state index in [1.807, 2.05) is 31.2 Å². The molecule has 0 aliphatic heterocycles. The van der Waals surface area contributed by atoms with Crippen molar-refractivity contribution in [2.75, 3.05) is 5.32 Å². The molecule has 0 aromatic heterocycles. The Morgan fingerprint density at radius 2 is 1.61 bits per heavy atom. The van der Waals surface area contributed by atoms with Gasteiger partial charge in [0.1, 0.15) is 6.17 Å². The first-order valence-electron chi connectivity index (χ1n) is 6.72. The Balaban J connectivity index is 2.14. The van der Waals surface area contributed by atoms with Crippen LogP contribution in [0.15, 0.2) is 48.5 Å². The smallest absolute Gasteiger partial charge is 0.252 e. The number of carbonyl (C=O) groups is 1. The first kappa shape index (κ1) is 18.8. The standard InChI is InChI=1S/C16H14Br3ClN2O/c1-10-2-4-11(5-3-10)14(23)22-15(16(17,18)19)21-13-8-6-12(20)7-9-13/h2-9,15,21H,1H3,(H,22,23)/t15-/m0/s1. The van der Waals surface area contributed by atoms with Gasteiger partial charge in [-0.3, -0.25) is 4.79 Å². The topological polar surface area (TPSA) is 41.1 Å². The van der Waals surface area contributed by atoms with Crippen LogP contribution < -0.4 is 10.6 Å². The van der Waals surface area contributed by atoms with E-state index in [9.17, 15) is 4.79 Å². The summed E-state index contributed by atoms with van der Waals surface area (Å²) in [6.45, 7) is 1.98. The summed E-state index contributed by atoms with van der Waals surface area (Å²) in [5, 5.41) is 6.81. The monoisotopic (exact) mass is 522 g/mol. The number of benzene rings is 2. The number of rotatable bonds is 4. The minimum atomic E-state index is -0.715. The second-order valence-corrected chi connectivity index (χ2v) is 12.3. The molecule has 0 bridgehead atoms. The van der Waals surface area contributed by atoms with Gasteiger partial charge < -0.3 is 10.6 Å². The Morgan fingerprint density at radius 3 is 2.13 bits per heavy atom. The molecular formula is C16H14Br3ClN2O. The van der Waals surface area contributed by atoms with Crippen molar-refractivity contribution in [3.63, 3.8) is 0 Å². The molecule has 1 atom stereocenters. The van der Waals surface area contributed by atoms with Crippen LogP contribution in [0, 0.1) is 6.92 Å². The zero-order valence-electron chi connectivity index (χ0n) is 12.1. The summed E-state index contributed by atoms with van der Waals surface area (Å²) in [4.78, 5) is 12.4. The van der Waals surface area contributed by atoms with E-state index in [0.29, 0.717) is 10.6 Å². The van der Waals surface area contributed by atoms with Gasteiger partial charge in [0.25, 0.3) is 5.91 Å². The van der Waals surface area contributed by atoms with E-state index in [1.165, 1.54) is 0 Å². The molecule has 2 aromatic carbocycles. The number of hydrogen-bond acceptors (Lipinski definition) is 2. The van der Waals surface area contributed by atoms with Gasteiger partial charge >= 0.3 is 0 Å². The molecule has 23 heavy (non-hydrogen) atoms. The van der Waals surface area contributed by atoms with Crippen LogP contribution in [0.5, 0.6) is 0 Å². The van der Waals surface area contributed by atoms with Gasteiger partial charge in [-0.25, -0.2) is 0 Å². The average Bonchev–Trinajstić information content (AvgIpc) is 2.48. The molecular weight excluding hydrogens is 511 g/mol. The summed E-state index contributed by atoms with van der Waals surface area (Å²) in [6.07, 6.45) is -0.461. The van der Waals surface area contributed by atoms with Crippen molar-refractivity contribution in [2.45, 2.75) is 15.2 Å². The lowest BCUT2D eigenvalue weighted by molar-refractivity contribution is 0.0943. The minimum Gasteiger partial charge on any atom is -0.363 e. The second-order valence-electron chi connectivity index (χ2n) is 4.97. The van der Waals surface area contributed by atoms with Crippen molar-refractivity contribution in [1.29, 1.82) is 0 Å². The molecule has 1 amide bonds. The molecule has 0 aliphatic rings. The molecule has 0 fully saturated rings. The number of anilines is 1. The molecule has 3 nitrogen and oxygen atoms in total. The Kier molecular flexibility index (Phi) is 6.54. The summed E-state index contributed by atoms with van der Waals surface area (Å²) in [5.41, 5.74) is 2.52. The molecule has 0 radical (unpaired) electrons. The molecule has 7 heteroatoms. The van der Waals surface area contributed by atoms with E-state index >= 15 is 0 Å². The predicted molar refractivity (Wildman–Crippen MR) is 107 cm³/mol. The van der Waals surface area contributed by atoms with Gasteiger partial charge in [0, 0.05) is 16.3 Å². The van der Waals surface area contributed by atoms with E-state index in [2.05, 4.69) is 58.4 Å². The molecule has 2 rings (SSSR count). The summed E-state index contributed by atoms with van der Waals surface area (Å²) in [6, 6.07) is 14.6. The summed E-state index contributed by atoms with van der Waals surface area (Å²) < 4.78 is -0.715. The highest BCUT2D eigenvalue weighted by Gasteiger charge is 2.32. The highest BCUT2D eigenvalue weighted by atomic mass is 80.0. The lowest BCUT2D eigenvalue weighted by atomic mass is 10.1. The van der Waals surface area contributed by atoms with E-state index in [0.717, 1.165) is 11.3 Å². The molecule has 0 saturated carbocycles. The summed E-state index contributed by atoms with van der Waals surface area (Å²) in [7, 11) is 0. The molecule has 122 valence electrons. The van der Waals surface area contributed by atoms with Crippen LogP contribution in [0.4, 0.5) is 5.69 Å². The van der Waals surface area contributed by atoms with Crippen LogP contribution in [0.3, 0.4) is 0 Å². The van der Waals surface area contributed by atoms with Crippen LogP contribution in [0.1, 0.15) is 15.9 Å². The quantitative estimate of drug-likeness (QED) is 0.400. The maximum Gasteiger partial charge on any atom is 0.252 e. The largest absolute Gasteiger partial charge is 0.363 e. The third kappa shape index (κ3) is 5.78. The first-order chi connectivity index (χ1) is 10.8. The van der Waals surface area contributed by atoms with Gasteiger partial charge in [-0.15, -0.1) is 0 Å². The number of nitrogens with one attached hydrogen (secondary N) is 2. The highest BCUT2D eigenvalue weighted by Crippen LogP contribution is 2.37. The van der Waals surface area contributed by atoms with Gasteiger partial charge in [-0.1, -0.05) is 77.1 Å². The molecule has 0 saturated heterocycles. The van der Waals surface area contributed by atoms with Crippen molar-refractivity contribution in [3.8, 4) is 0 Å². The zero-order valence-corrected chi connectivity index (χ0v) is 17.6. The SMILES string of the molecule is Cc1ccc(C(=O)N[C@H](Nc2ccc(Cl)cc2)C(Br)(Br)Br)cc1. The van der Waals surface area contributed by atoms with Crippen LogP contribution in [0.25, 0.3) is 0 Å². The predicted octanol–water partition coefficient (Wildman–Crippen LogP) is 5.65. The van der Waals surface area contributed by atoms with Crippen LogP contribution >= 0.6 is 59.4 Å². The number of halogens is 4. The maximum absolute atomic E-state index is 12.4. The fourth-order valence-electron chi connectivity index (χ4n) is 1.83. The molecule has 0 spiro atoms. The van der Waals surface area contributed by atoms with E-state index in [-0.39, 0.29) is 5.91 Å². The van der Waals surface area contributed by atoms with Crippen molar-refractivity contribution < 1.29 is 4.79 Å². The Morgan fingerprint density at radius 1 is 1.04 bits per heavy atom. The van der Waals surface area contributed by atoms with E-state index < -0.39 is 8.31 Å². The Hall–Kier alpha value is -0.560. The molecule has 0 unspecified atom stereocenters. The number of alkyl halides is 3. The summed E-state index contributed by atoms with van der Waals surface area (Å²) in [5.74, 6) is -0.181. The van der Waals surface area contributed by atoms with Gasteiger partial charge in [0.05, 0.1) is 0 Å². The van der Waals surface area contributed by atoms with Crippen LogP contribution in [-0.4, -0.2) is 14.2 Å². The average molecular weight is 525 g/mol. The Labute approximate surface area is 165 Å². The summed E-state index contributed by atoms with van der Waals surface area (Å²) >= 11 is 16.3. The number of amides is 1. The molecule has 2 aromatic rings. The molecule has 0 aliphatic carbocycles. The van der Waals surface area contributed by atoms with Gasteiger partial charge in [-0.2, -0.15) is 0 Å². The van der Waals surface area contributed by atoms with Crippen LogP contribution in [0.2, 0.25) is 5.02 Å². The molecule has 2 N–H and O–H groups in total. The highest BCUT2D eigenvalue weighted by molar-refractivity contribution is 9.39. The van der Waals surface area contributed by atoms with E-state index in [4.69, 9.17) is 11.6 Å². The lowest BCUT2D eigenvalue weighted by Gasteiger charge is -2.28. The third-order valence-corrected chi connectivity index (χ3v) is 4.70. The minimum absolute atomic E-state index is 0.181. The third-order valence-electron chi connectivity index (χ3n) is 3.07. The van der Waals surface area contributed by atoms with Gasteiger partial charge in [-0.05, 0) is 43.3 Å². The zero-order chi connectivity index (χ0) is 17.0. The Bertz CT molecular complexity index is 669. The normalized spacial score (nSPS) is 12.6. The van der Waals surface area contributed by atoms with Crippen LogP contribution in [-0.2, 0) is 0 Å². The first-order valence-corrected chi connectivity index (χ1v) is 9.48. The fraction of sp³-hybridized carbons (Fsp3) is 0.188. The second kappa shape index (κ2) is 8.01. The maximum atomic E-state index is 12.4. The van der Waals surface area contributed by atoms with Crippen molar-refractivity contribution >= 4 is 71.0 Å². The van der Waals surface area contributed by atoms with Crippen molar-refractivity contribution in [3.05, 3.63) is 64.7 Å². The lowest BCUT2D eigenvalue weighted by Crippen LogP contribution is -2.48. The van der Waals surface area contributed by atoms with Crippen molar-refractivity contribution in [1.82, 2.24) is 5.32 Å². The fourth-order valence-corrected chi connectivity index (χ4v) is 2.64. The van der Waals surface area contributed by atoms with Gasteiger partial charge in [0.15, 0.2) is 2.14 Å². The number of hydrogen-bond donors (Lipinski definition) is 2. The number of carbonyl (C=O) groups excluding carboxylic acids is 1.